The van der Waals surface area contributed by atoms with Crippen molar-refractivity contribution in [3.05, 3.63) is 29.8 Å². The minimum atomic E-state index is 0.0157. The molecule has 0 aliphatic heterocycles. The second-order valence-electron chi connectivity index (χ2n) is 2.56. The fourth-order valence-electron chi connectivity index (χ4n) is 0.916. The summed E-state index contributed by atoms with van der Waals surface area (Å²) in [6, 6.07) is 6.67. The van der Waals surface area contributed by atoms with Gasteiger partial charge in [-0.15, -0.1) is 0 Å². The molecule has 0 saturated heterocycles. The second-order valence-corrected chi connectivity index (χ2v) is 2.56. The van der Waals surface area contributed by atoms with Crippen molar-refractivity contribution in [1.29, 1.82) is 0 Å². The zero-order valence-corrected chi connectivity index (χ0v) is 7.32. The van der Waals surface area contributed by atoms with Gasteiger partial charge in [0.15, 0.2) is 12.1 Å². The van der Waals surface area contributed by atoms with E-state index < -0.39 is 0 Å². The molecule has 0 atom stereocenters. The van der Waals surface area contributed by atoms with Crippen LogP contribution in [0.3, 0.4) is 0 Å². The van der Waals surface area contributed by atoms with Crippen molar-refractivity contribution in [2.24, 2.45) is 0 Å². The third-order valence-corrected chi connectivity index (χ3v) is 1.58. The van der Waals surface area contributed by atoms with E-state index in [1.807, 2.05) is 0 Å². The van der Waals surface area contributed by atoms with Crippen molar-refractivity contribution in [2.75, 3.05) is 6.61 Å². The minimum Gasteiger partial charge on any atom is -0.486 e. The highest BCUT2D eigenvalue weighted by Gasteiger charge is 1.98. The largest absolute Gasteiger partial charge is 0.486 e. The molecule has 13 heavy (non-hydrogen) atoms. The van der Waals surface area contributed by atoms with E-state index in [4.69, 9.17) is 4.74 Å². The first kappa shape index (κ1) is 9.45. The van der Waals surface area contributed by atoms with Crippen LogP contribution in [0.15, 0.2) is 24.3 Å². The van der Waals surface area contributed by atoms with E-state index in [1.165, 1.54) is 6.92 Å². The van der Waals surface area contributed by atoms with E-state index in [-0.39, 0.29) is 12.4 Å². The van der Waals surface area contributed by atoms with Gasteiger partial charge in [0.1, 0.15) is 12.4 Å². The molecule has 1 aromatic rings. The zero-order valence-electron chi connectivity index (χ0n) is 7.32. The third-order valence-electron chi connectivity index (χ3n) is 1.58. The van der Waals surface area contributed by atoms with Gasteiger partial charge in [-0.3, -0.25) is 9.59 Å². The molecule has 0 bridgehead atoms. The van der Waals surface area contributed by atoms with Crippen LogP contribution in [0.1, 0.15) is 17.3 Å². The molecule has 0 fully saturated rings. The Labute approximate surface area is 76.3 Å². The fraction of sp³-hybridized carbons (Fsp3) is 0.200. The molecule has 1 aromatic carbocycles. The Balaban J connectivity index is 2.69. The average molecular weight is 178 g/mol. The smallest absolute Gasteiger partial charge is 0.159 e. The van der Waals surface area contributed by atoms with E-state index in [2.05, 4.69) is 0 Å². The molecule has 0 radical (unpaired) electrons. The summed E-state index contributed by atoms with van der Waals surface area (Å²) in [5.74, 6) is 0.610. The van der Waals surface area contributed by atoms with Gasteiger partial charge in [0, 0.05) is 5.56 Å². The lowest BCUT2D eigenvalue weighted by Crippen LogP contribution is -1.98. The van der Waals surface area contributed by atoms with Gasteiger partial charge in [-0.2, -0.15) is 0 Å². The molecule has 0 aliphatic carbocycles. The van der Waals surface area contributed by atoms with Gasteiger partial charge < -0.3 is 4.74 Å². The maximum atomic E-state index is 10.9. The summed E-state index contributed by atoms with van der Waals surface area (Å²) in [4.78, 5) is 20.8. The molecular formula is C10H10O3. The van der Waals surface area contributed by atoms with E-state index in [0.717, 1.165) is 0 Å². The Hall–Kier alpha value is -1.64. The van der Waals surface area contributed by atoms with Crippen molar-refractivity contribution in [3.8, 4) is 5.75 Å². The van der Waals surface area contributed by atoms with Crippen molar-refractivity contribution >= 4 is 12.1 Å². The van der Waals surface area contributed by atoms with E-state index in [1.54, 1.807) is 24.3 Å². The number of hydrogen-bond donors (Lipinski definition) is 0. The molecule has 3 nitrogen and oxygen atoms in total. The number of ketones is 1. The highest BCUT2D eigenvalue weighted by atomic mass is 16.5. The summed E-state index contributed by atoms with van der Waals surface area (Å²) >= 11 is 0. The Morgan fingerprint density at radius 1 is 1.38 bits per heavy atom. The Morgan fingerprint density at radius 3 is 2.46 bits per heavy atom. The molecule has 1 rings (SSSR count). The van der Waals surface area contributed by atoms with E-state index in [0.29, 0.717) is 17.6 Å². The first-order valence-electron chi connectivity index (χ1n) is 3.91. The number of carbonyl (C=O) groups excluding carboxylic acids is 2. The highest BCUT2D eigenvalue weighted by Crippen LogP contribution is 2.11. The molecule has 0 aliphatic rings. The first-order valence-corrected chi connectivity index (χ1v) is 3.91. The normalized spacial score (nSPS) is 9.31. The number of ether oxygens (including phenoxy) is 1. The summed E-state index contributed by atoms with van der Waals surface area (Å²) in [7, 11) is 0. The maximum absolute atomic E-state index is 10.9. The van der Waals surface area contributed by atoms with Gasteiger partial charge in [-0.25, -0.2) is 0 Å². The van der Waals surface area contributed by atoms with Crippen LogP contribution in [0, 0.1) is 0 Å². The Bertz CT molecular complexity index is 300. The second kappa shape index (κ2) is 4.40. The number of rotatable bonds is 4. The SMILES string of the molecule is CC(=O)c1ccc(OCC=O)cc1. The fourth-order valence-corrected chi connectivity index (χ4v) is 0.916. The predicted octanol–water partition coefficient (Wildman–Crippen LogP) is 1.47. The number of carbonyl (C=O) groups is 2. The van der Waals surface area contributed by atoms with Crippen molar-refractivity contribution in [1.82, 2.24) is 0 Å². The quantitative estimate of drug-likeness (QED) is 0.518. The van der Waals surface area contributed by atoms with Crippen molar-refractivity contribution in [2.45, 2.75) is 6.92 Å². The van der Waals surface area contributed by atoms with Gasteiger partial charge in [0.2, 0.25) is 0 Å². The summed E-state index contributed by atoms with van der Waals surface area (Å²) in [6.45, 7) is 1.54. The van der Waals surface area contributed by atoms with Gasteiger partial charge in [0.25, 0.3) is 0 Å². The lowest BCUT2D eigenvalue weighted by Gasteiger charge is -2.01. The van der Waals surface area contributed by atoms with E-state index >= 15 is 0 Å². The third kappa shape index (κ3) is 2.71. The number of benzene rings is 1. The molecule has 68 valence electrons. The molecule has 0 heterocycles. The molecule has 0 N–H and O–H groups in total. The van der Waals surface area contributed by atoms with Crippen LogP contribution in [-0.4, -0.2) is 18.7 Å². The van der Waals surface area contributed by atoms with Crippen LogP contribution in [-0.2, 0) is 4.79 Å². The zero-order chi connectivity index (χ0) is 9.68. The number of hydrogen-bond acceptors (Lipinski definition) is 3. The van der Waals surface area contributed by atoms with Gasteiger partial charge in [0.05, 0.1) is 0 Å². The van der Waals surface area contributed by atoms with Crippen molar-refractivity contribution in [3.63, 3.8) is 0 Å². The van der Waals surface area contributed by atoms with Crippen LogP contribution in [0.4, 0.5) is 0 Å². The summed E-state index contributed by atoms with van der Waals surface area (Å²) in [5, 5.41) is 0. The van der Waals surface area contributed by atoms with Crippen molar-refractivity contribution < 1.29 is 14.3 Å². The first-order chi connectivity index (χ1) is 6.24. The van der Waals surface area contributed by atoms with Crippen LogP contribution in [0.2, 0.25) is 0 Å². The molecular weight excluding hydrogens is 168 g/mol. The predicted molar refractivity (Wildman–Crippen MR) is 48.0 cm³/mol. The highest BCUT2D eigenvalue weighted by molar-refractivity contribution is 5.94. The molecule has 0 unspecified atom stereocenters. The van der Waals surface area contributed by atoms with Gasteiger partial charge in [-0.05, 0) is 31.2 Å². The molecule has 0 amide bonds. The summed E-state index contributed by atoms with van der Waals surface area (Å²) in [5.41, 5.74) is 0.637. The Kier molecular flexibility index (Phi) is 3.20. The maximum Gasteiger partial charge on any atom is 0.159 e. The lowest BCUT2D eigenvalue weighted by atomic mass is 10.1. The molecule has 0 spiro atoms. The molecule has 0 aromatic heterocycles. The summed E-state index contributed by atoms with van der Waals surface area (Å²) < 4.78 is 5.01. The van der Waals surface area contributed by atoms with Gasteiger partial charge >= 0.3 is 0 Å². The number of aldehydes is 1. The van der Waals surface area contributed by atoms with E-state index in [9.17, 15) is 9.59 Å². The van der Waals surface area contributed by atoms with Gasteiger partial charge in [-0.1, -0.05) is 0 Å². The Morgan fingerprint density at radius 2 is 2.00 bits per heavy atom. The lowest BCUT2D eigenvalue weighted by molar-refractivity contribution is -0.109. The molecule has 0 saturated carbocycles. The minimum absolute atomic E-state index is 0.0157. The monoisotopic (exact) mass is 178 g/mol. The standard InChI is InChI=1S/C10H10O3/c1-8(12)9-2-4-10(5-3-9)13-7-6-11/h2-6H,7H2,1H3. The summed E-state index contributed by atoms with van der Waals surface area (Å²) in [6.07, 6.45) is 0.679. The molecule has 3 heteroatoms. The topological polar surface area (TPSA) is 43.4 Å². The van der Waals surface area contributed by atoms with Crippen LogP contribution >= 0.6 is 0 Å². The van der Waals surface area contributed by atoms with Crippen LogP contribution in [0.5, 0.6) is 5.75 Å². The average Bonchev–Trinajstić information content (AvgIpc) is 2.15. The number of Topliss-reactive ketones (excluding diaryl/α,β-unsaturated/α-hetero) is 1. The van der Waals surface area contributed by atoms with Crippen LogP contribution < -0.4 is 4.74 Å². The van der Waals surface area contributed by atoms with Crippen LogP contribution in [0.25, 0.3) is 0 Å².